The number of nitrogens with zero attached hydrogens (tertiary/aromatic N) is 1. The average molecular weight is 182 g/mol. The van der Waals surface area contributed by atoms with Crippen molar-refractivity contribution in [3.63, 3.8) is 0 Å². The monoisotopic (exact) mass is 182 g/mol. The van der Waals surface area contributed by atoms with Crippen molar-refractivity contribution in [1.82, 2.24) is 10.4 Å². The van der Waals surface area contributed by atoms with Crippen molar-refractivity contribution in [2.24, 2.45) is 11.8 Å². The molecule has 0 aromatic carbocycles. The lowest BCUT2D eigenvalue weighted by atomic mass is 10.2. The van der Waals surface area contributed by atoms with Gasteiger partial charge in [-0.2, -0.15) is 0 Å². The molecule has 0 aromatic rings. The maximum atomic E-state index is 11.8. The van der Waals surface area contributed by atoms with Gasteiger partial charge >= 0.3 is 0 Å². The van der Waals surface area contributed by atoms with Gasteiger partial charge in [-0.3, -0.25) is 9.80 Å². The van der Waals surface area contributed by atoms with Gasteiger partial charge in [0.05, 0.1) is 0 Å². The first kappa shape index (κ1) is 9.00. The molecule has 1 heterocycles. The van der Waals surface area contributed by atoms with Crippen LogP contribution in [-0.4, -0.2) is 24.0 Å². The van der Waals surface area contributed by atoms with Crippen molar-refractivity contribution in [3.8, 4) is 0 Å². The molecule has 2 aliphatic rings. The third-order valence-corrected chi connectivity index (χ3v) is 3.14. The summed E-state index contributed by atoms with van der Waals surface area (Å²) in [5.41, 5.74) is 3.17. The van der Waals surface area contributed by atoms with Crippen LogP contribution in [0.5, 0.6) is 0 Å². The summed E-state index contributed by atoms with van der Waals surface area (Å²) in [7, 11) is 0. The normalized spacial score (nSPS) is 33.2. The topological polar surface area (TPSA) is 32.3 Å². The van der Waals surface area contributed by atoms with Gasteiger partial charge in [0.1, 0.15) is 0 Å². The van der Waals surface area contributed by atoms with Crippen molar-refractivity contribution >= 4 is 5.91 Å². The van der Waals surface area contributed by atoms with Gasteiger partial charge in [0, 0.05) is 19.0 Å². The van der Waals surface area contributed by atoms with E-state index in [9.17, 15) is 4.79 Å². The lowest BCUT2D eigenvalue weighted by molar-refractivity contribution is -0.137. The van der Waals surface area contributed by atoms with E-state index in [1.807, 2.05) is 5.01 Å². The third-order valence-electron chi connectivity index (χ3n) is 3.14. The second kappa shape index (κ2) is 3.66. The van der Waals surface area contributed by atoms with Crippen molar-refractivity contribution in [3.05, 3.63) is 0 Å². The number of amides is 1. The Morgan fingerprint density at radius 3 is 2.92 bits per heavy atom. The Kier molecular flexibility index (Phi) is 2.54. The number of hydrazine groups is 1. The van der Waals surface area contributed by atoms with Crippen molar-refractivity contribution in [1.29, 1.82) is 0 Å². The predicted octanol–water partition coefficient (Wildman–Crippen LogP) is 1.16. The molecule has 0 spiro atoms. The maximum Gasteiger partial charge on any atom is 0.240 e. The highest BCUT2D eigenvalue weighted by atomic mass is 16.2. The molecule has 2 unspecified atom stereocenters. The van der Waals surface area contributed by atoms with Crippen molar-refractivity contribution < 1.29 is 4.79 Å². The van der Waals surface area contributed by atoms with Crippen LogP contribution >= 0.6 is 0 Å². The standard InChI is InChI=1S/C10H18N2O/c1-2-8-7-9(8)10(13)12-6-4-3-5-11-12/h8-9,11H,2-7H2,1H3. The first-order valence-electron chi connectivity index (χ1n) is 5.37. The molecule has 2 rings (SSSR count). The first-order chi connectivity index (χ1) is 6.33. The SMILES string of the molecule is CCC1CC1C(=O)N1CCCCN1. The Labute approximate surface area is 79.5 Å². The molecule has 2 atom stereocenters. The molecule has 1 amide bonds. The summed E-state index contributed by atoms with van der Waals surface area (Å²) in [6.07, 6.45) is 4.63. The number of carbonyl (C=O) groups excluding carboxylic acids is 1. The van der Waals surface area contributed by atoms with Crippen LogP contribution in [0.3, 0.4) is 0 Å². The van der Waals surface area contributed by atoms with Crippen LogP contribution in [0.1, 0.15) is 32.6 Å². The molecule has 3 nitrogen and oxygen atoms in total. The fourth-order valence-electron chi connectivity index (χ4n) is 2.08. The molecule has 1 aliphatic carbocycles. The molecule has 1 saturated heterocycles. The summed E-state index contributed by atoms with van der Waals surface area (Å²) in [6.45, 7) is 4.04. The molecule has 1 N–H and O–H groups in total. The Balaban J connectivity index is 1.83. The Hall–Kier alpha value is -0.570. The van der Waals surface area contributed by atoms with Crippen LogP contribution in [-0.2, 0) is 4.79 Å². The fraction of sp³-hybridized carbons (Fsp3) is 0.900. The van der Waals surface area contributed by atoms with Crippen LogP contribution in [0.15, 0.2) is 0 Å². The Morgan fingerprint density at radius 1 is 1.54 bits per heavy atom. The van der Waals surface area contributed by atoms with Gasteiger partial charge < -0.3 is 0 Å². The average Bonchev–Trinajstić information content (AvgIpc) is 2.97. The van der Waals surface area contributed by atoms with Gasteiger partial charge in [-0.1, -0.05) is 13.3 Å². The highest BCUT2D eigenvalue weighted by molar-refractivity contribution is 5.81. The summed E-state index contributed by atoms with van der Waals surface area (Å²) >= 11 is 0. The number of hydrogen-bond acceptors (Lipinski definition) is 2. The molecular formula is C10H18N2O. The highest BCUT2D eigenvalue weighted by Gasteiger charge is 2.43. The van der Waals surface area contributed by atoms with Crippen LogP contribution in [0.25, 0.3) is 0 Å². The second-order valence-corrected chi connectivity index (χ2v) is 4.12. The highest BCUT2D eigenvalue weighted by Crippen LogP contribution is 2.42. The second-order valence-electron chi connectivity index (χ2n) is 4.12. The van der Waals surface area contributed by atoms with Gasteiger partial charge in [-0.05, 0) is 25.2 Å². The van der Waals surface area contributed by atoms with Gasteiger partial charge in [0.25, 0.3) is 0 Å². The summed E-state index contributed by atoms with van der Waals surface area (Å²) < 4.78 is 0. The van der Waals surface area contributed by atoms with E-state index >= 15 is 0 Å². The Morgan fingerprint density at radius 2 is 2.38 bits per heavy atom. The summed E-state index contributed by atoms with van der Waals surface area (Å²) in [5.74, 6) is 1.36. The van der Waals surface area contributed by atoms with Crippen LogP contribution in [0.4, 0.5) is 0 Å². The predicted molar refractivity (Wildman–Crippen MR) is 50.8 cm³/mol. The molecular weight excluding hydrogens is 164 g/mol. The van der Waals surface area contributed by atoms with E-state index in [1.165, 1.54) is 6.42 Å². The molecule has 13 heavy (non-hydrogen) atoms. The first-order valence-corrected chi connectivity index (χ1v) is 5.37. The van der Waals surface area contributed by atoms with E-state index in [2.05, 4.69) is 12.3 Å². The van der Waals surface area contributed by atoms with E-state index in [4.69, 9.17) is 0 Å². The van der Waals surface area contributed by atoms with Crippen molar-refractivity contribution in [2.45, 2.75) is 32.6 Å². The van der Waals surface area contributed by atoms with Gasteiger partial charge in [0.2, 0.25) is 5.91 Å². The van der Waals surface area contributed by atoms with Crippen LogP contribution in [0.2, 0.25) is 0 Å². The van der Waals surface area contributed by atoms with Crippen molar-refractivity contribution in [2.75, 3.05) is 13.1 Å². The maximum absolute atomic E-state index is 11.8. The third kappa shape index (κ3) is 1.85. The largest absolute Gasteiger partial charge is 0.278 e. The molecule has 74 valence electrons. The quantitative estimate of drug-likeness (QED) is 0.695. The molecule has 0 bridgehead atoms. The lowest BCUT2D eigenvalue weighted by Crippen LogP contribution is -2.47. The van der Waals surface area contributed by atoms with E-state index in [1.54, 1.807) is 0 Å². The van der Waals surface area contributed by atoms with E-state index in [0.29, 0.717) is 17.7 Å². The van der Waals surface area contributed by atoms with Gasteiger partial charge in [0.15, 0.2) is 0 Å². The number of rotatable bonds is 2. The number of carbonyl (C=O) groups is 1. The van der Waals surface area contributed by atoms with Crippen LogP contribution in [0, 0.1) is 11.8 Å². The number of hydrogen-bond donors (Lipinski definition) is 1. The molecule has 3 heteroatoms. The number of nitrogens with one attached hydrogen (secondary N) is 1. The fourth-order valence-corrected chi connectivity index (χ4v) is 2.08. The smallest absolute Gasteiger partial charge is 0.240 e. The minimum absolute atomic E-state index is 0.339. The minimum atomic E-state index is 0.339. The molecule has 1 aliphatic heterocycles. The minimum Gasteiger partial charge on any atom is -0.278 e. The molecule has 0 aromatic heterocycles. The molecule has 2 fully saturated rings. The molecule has 1 saturated carbocycles. The zero-order valence-corrected chi connectivity index (χ0v) is 8.25. The Bertz CT molecular complexity index is 199. The summed E-state index contributed by atoms with van der Waals surface area (Å²) in [4.78, 5) is 11.8. The van der Waals surface area contributed by atoms with E-state index in [-0.39, 0.29) is 0 Å². The van der Waals surface area contributed by atoms with E-state index in [0.717, 1.165) is 32.4 Å². The zero-order chi connectivity index (χ0) is 9.26. The van der Waals surface area contributed by atoms with Crippen LogP contribution < -0.4 is 5.43 Å². The lowest BCUT2D eigenvalue weighted by Gasteiger charge is -2.27. The van der Waals surface area contributed by atoms with E-state index < -0.39 is 0 Å². The van der Waals surface area contributed by atoms with Gasteiger partial charge in [-0.15, -0.1) is 0 Å². The summed E-state index contributed by atoms with van der Waals surface area (Å²) in [5, 5.41) is 1.84. The molecule has 0 radical (unpaired) electrons. The summed E-state index contributed by atoms with van der Waals surface area (Å²) in [6, 6.07) is 0. The zero-order valence-electron chi connectivity index (χ0n) is 8.25. The van der Waals surface area contributed by atoms with Gasteiger partial charge in [-0.25, -0.2) is 5.43 Å².